The predicted molar refractivity (Wildman–Crippen MR) is 91.2 cm³/mol. The van der Waals surface area contributed by atoms with Crippen LogP contribution in [0.1, 0.15) is 21.9 Å². The van der Waals surface area contributed by atoms with Gasteiger partial charge >= 0.3 is 0 Å². The number of aryl methyl sites for hydroxylation is 1. The number of hydrogen-bond donors (Lipinski definition) is 1. The number of aromatic amines is 1. The first-order valence-electron chi connectivity index (χ1n) is 8.33. The van der Waals surface area contributed by atoms with Crippen molar-refractivity contribution in [2.24, 2.45) is 5.92 Å². The summed E-state index contributed by atoms with van der Waals surface area (Å²) < 4.78 is 10.9. The lowest BCUT2D eigenvalue weighted by Gasteiger charge is -2.14. The Morgan fingerprint density at radius 1 is 1.40 bits per heavy atom. The zero-order valence-corrected chi connectivity index (χ0v) is 14.2. The van der Waals surface area contributed by atoms with Crippen molar-refractivity contribution < 1.29 is 14.1 Å². The third-order valence-electron chi connectivity index (χ3n) is 4.78. The molecule has 1 aliphatic heterocycles. The number of H-pyrrole nitrogens is 1. The van der Waals surface area contributed by atoms with Crippen LogP contribution in [0.4, 0.5) is 0 Å². The van der Waals surface area contributed by atoms with E-state index in [-0.39, 0.29) is 17.9 Å². The first-order valence-corrected chi connectivity index (χ1v) is 8.33. The molecule has 4 rings (SSSR count). The summed E-state index contributed by atoms with van der Waals surface area (Å²) in [5.41, 5.74) is 2.18. The second-order valence-electron chi connectivity index (χ2n) is 6.50. The summed E-state index contributed by atoms with van der Waals surface area (Å²) >= 11 is 0. The molecule has 0 spiro atoms. The van der Waals surface area contributed by atoms with Crippen molar-refractivity contribution in [3.05, 3.63) is 47.5 Å². The number of amides is 1. The first-order chi connectivity index (χ1) is 12.2. The predicted octanol–water partition coefficient (Wildman–Crippen LogP) is 2.19. The molecule has 0 saturated carbocycles. The van der Waals surface area contributed by atoms with Gasteiger partial charge in [-0.15, -0.1) is 0 Å². The van der Waals surface area contributed by atoms with Crippen molar-refractivity contribution in [1.29, 1.82) is 0 Å². The molecule has 7 heteroatoms. The highest BCUT2D eigenvalue weighted by Gasteiger charge is 2.37. The van der Waals surface area contributed by atoms with Crippen molar-refractivity contribution in [2.45, 2.75) is 19.4 Å². The fraction of sp³-hybridized carbons (Fsp3) is 0.389. The van der Waals surface area contributed by atoms with Gasteiger partial charge in [0.25, 0.3) is 5.91 Å². The summed E-state index contributed by atoms with van der Waals surface area (Å²) in [4.78, 5) is 14.7. The molecule has 3 aromatic rings. The van der Waals surface area contributed by atoms with E-state index >= 15 is 0 Å². The Morgan fingerprint density at radius 3 is 3.00 bits per heavy atom. The molecule has 0 unspecified atom stereocenters. The summed E-state index contributed by atoms with van der Waals surface area (Å²) in [5, 5.41) is 11.9. The molecule has 1 saturated heterocycles. The molecule has 3 heterocycles. The van der Waals surface area contributed by atoms with Crippen LogP contribution in [0.5, 0.6) is 0 Å². The van der Waals surface area contributed by atoms with E-state index in [0.717, 1.165) is 22.4 Å². The first kappa shape index (κ1) is 15.8. The second-order valence-corrected chi connectivity index (χ2v) is 6.50. The van der Waals surface area contributed by atoms with Gasteiger partial charge in [0.2, 0.25) is 0 Å². The van der Waals surface area contributed by atoms with Crippen LogP contribution < -0.4 is 0 Å². The number of nitrogens with zero attached hydrogens (tertiary/aromatic N) is 3. The molecule has 1 N–H and O–H groups in total. The minimum Gasteiger partial charge on any atom is -0.379 e. The topological polar surface area (TPSA) is 84.2 Å². The van der Waals surface area contributed by atoms with E-state index in [2.05, 4.69) is 15.4 Å². The number of likely N-dealkylation sites (tertiary alicyclic amines) is 1. The average molecular weight is 340 g/mol. The number of rotatable bonds is 4. The van der Waals surface area contributed by atoms with Crippen molar-refractivity contribution in [1.82, 2.24) is 20.3 Å². The van der Waals surface area contributed by atoms with Gasteiger partial charge in [-0.05, 0) is 13.0 Å². The molecule has 1 amide bonds. The van der Waals surface area contributed by atoms with Crippen molar-refractivity contribution >= 4 is 16.8 Å². The maximum absolute atomic E-state index is 12.9. The minimum absolute atomic E-state index is 0.0282. The third-order valence-corrected chi connectivity index (χ3v) is 4.78. The summed E-state index contributed by atoms with van der Waals surface area (Å²) in [6.07, 6.45) is 0.671. The molecular formula is C18H20N4O3. The smallest absolute Gasteiger partial charge is 0.275 e. The number of methoxy groups -OCH3 is 1. The minimum atomic E-state index is -0.0734. The quantitative estimate of drug-likeness (QED) is 0.787. The number of ether oxygens (including phenoxy) is 1. The van der Waals surface area contributed by atoms with Crippen LogP contribution in [0.2, 0.25) is 0 Å². The molecule has 0 radical (unpaired) electrons. The van der Waals surface area contributed by atoms with Crippen LogP contribution in [0.25, 0.3) is 10.9 Å². The Bertz CT molecular complexity index is 901. The normalized spacial score (nSPS) is 20.5. The van der Waals surface area contributed by atoms with E-state index in [1.165, 1.54) is 0 Å². The number of benzene rings is 1. The van der Waals surface area contributed by atoms with Gasteiger partial charge in [0, 0.05) is 44.0 Å². The number of carbonyl (C=O) groups is 1. The molecule has 25 heavy (non-hydrogen) atoms. The van der Waals surface area contributed by atoms with Gasteiger partial charge in [0.1, 0.15) is 5.76 Å². The highest BCUT2D eigenvalue weighted by molar-refractivity contribution is 6.04. The van der Waals surface area contributed by atoms with Crippen LogP contribution in [0, 0.1) is 12.8 Å². The van der Waals surface area contributed by atoms with Gasteiger partial charge in [-0.25, -0.2) is 0 Å². The summed E-state index contributed by atoms with van der Waals surface area (Å²) in [5.74, 6) is 0.923. The van der Waals surface area contributed by atoms with E-state index in [1.54, 1.807) is 7.11 Å². The van der Waals surface area contributed by atoms with Gasteiger partial charge in [-0.3, -0.25) is 9.89 Å². The van der Waals surface area contributed by atoms with Gasteiger partial charge < -0.3 is 14.2 Å². The molecular weight excluding hydrogens is 320 g/mol. The largest absolute Gasteiger partial charge is 0.379 e. The lowest BCUT2D eigenvalue weighted by molar-refractivity contribution is 0.0670. The van der Waals surface area contributed by atoms with Gasteiger partial charge in [0.15, 0.2) is 5.69 Å². The number of nitrogens with one attached hydrogen (secondary N) is 1. The molecule has 0 aliphatic carbocycles. The summed E-state index contributed by atoms with van der Waals surface area (Å²) in [6.45, 7) is 3.06. The Labute approximate surface area is 144 Å². The average Bonchev–Trinajstić information content (AvgIpc) is 3.33. The summed E-state index contributed by atoms with van der Waals surface area (Å²) in [7, 11) is 1.68. The number of fused-ring (bicyclic) bond motifs is 1. The molecule has 130 valence electrons. The lowest BCUT2D eigenvalue weighted by Crippen LogP contribution is -2.30. The van der Waals surface area contributed by atoms with E-state index in [9.17, 15) is 4.79 Å². The van der Waals surface area contributed by atoms with Crippen molar-refractivity contribution in [3.8, 4) is 0 Å². The number of aromatic nitrogens is 3. The molecule has 2 aromatic heterocycles. The van der Waals surface area contributed by atoms with Crippen LogP contribution in [-0.2, 0) is 11.2 Å². The van der Waals surface area contributed by atoms with Crippen LogP contribution >= 0.6 is 0 Å². The zero-order chi connectivity index (χ0) is 17.4. The second kappa shape index (κ2) is 6.33. The summed E-state index contributed by atoms with van der Waals surface area (Å²) in [6, 6.07) is 9.58. The standard InChI is InChI=1S/C18H20N4O3/c1-11-7-13(25-21-11)8-12-9-22(10-16(12)24-2)18(23)17-14-5-3-4-6-15(14)19-20-17/h3-7,12,16H,8-10H2,1-2H3,(H,19,20)/t12-,16+/m1/s1. The van der Waals surface area contributed by atoms with E-state index in [4.69, 9.17) is 9.26 Å². The fourth-order valence-corrected chi connectivity index (χ4v) is 3.52. The van der Waals surface area contributed by atoms with Gasteiger partial charge in [0.05, 0.1) is 17.3 Å². The molecule has 7 nitrogen and oxygen atoms in total. The fourth-order valence-electron chi connectivity index (χ4n) is 3.52. The van der Waals surface area contributed by atoms with Crippen LogP contribution in [0.3, 0.4) is 0 Å². The Kier molecular flexibility index (Phi) is 4.01. The SMILES string of the molecule is CO[C@H]1CN(C(=O)c2n[nH]c3ccccc23)C[C@H]1Cc1cc(C)no1. The maximum Gasteiger partial charge on any atom is 0.275 e. The maximum atomic E-state index is 12.9. The third kappa shape index (κ3) is 2.91. The highest BCUT2D eigenvalue weighted by Crippen LogP contribution is 2.26. The van der Waals surface area contributed by atoms with Crippen LogP contribution in [0.15, 0.2) is 34.9 Å². The lowest BCUT2D eigenvalue weighted by atomic mass is 10.0. The monoisotopic (exact) mass is 340 g/mol. The molecule has 2 atom stereocenters. The van der Waals surface area contributed by atoms with E-state index < -0.39 is 0 Å². The molecule has 0 bridgehead atoms. The zero-order valence-electron chi connectivity index (χ0n) is 14.2. The van der Waals surface area contributed by atoms with Gasteiger partial charge in [-0.1, -0.05) is 23.4 Å². The van der Waals surface area contributed by atoms with Crippen molar-refractivity contribution in [3.63, 3.8) is 0 Å². The highest BCUT2D eigenvalue weighted by atomic mass is 16.5. The number of para-hydroxylation sites is 1. The number of hydrogen-bond acceptors (Lipinski definition) is 5. The van der Waals surface area contributed by atoms with Gasteiger partial charge in [-0.2, -0.15) is 5.10 Å². The number of carbonyl (C=O) groups excluding carboxylic acids is 1. The Hall–Kier alpha value is -2.67. The van der Waals surface area contributed by atoms with E-state index in [0.29, 0.717) is 25.2 Å². The van der Waals surface area contributed by atoms with Crippen LogP contribution in [-0.4, -0.2) is 52.5 Å². The van der Waals surface area contributed by atoms with Crippen molar-refractivity contribution in [2.75, 3.05) is 20.2 Å². The molecule has 1 aliphatic rings. The molecule has 1 fully saturated rings. The molecule has 1 aromatic carbocycles. The van der Waals surface area contributed by atoms with E-state index in [1.807, 2.05) is 42.2 Å². The Balaban J connectivity index is 1.54. The Morgan fingerprint density at radius 2 is 2.24 bits per heavy atom.